The van der Waals surface area contributed by atoms with Crippen LogP contribution in [-0.4, -0.2) is 6.54 Å². The van der Waals surface area contributed by atoms with Crippen molar-refractivity contribution in [2.24, 2.45) is 0 Å². The van der Waals surface area contributed by atoms with Crippen LogP contribution >= 0.6 is 12.4 Å². The summed E-state index contributed by atoms with van der Waals surface area (Å²) in [6.07, 6.45) is 2.61. The van der Waals surface area contributed by atoms with E-state index in [2.05, 4.69) is 36.5 Å². The molecule has 2 rings (SSSR count). The fraction of sp³-hybridized carbons (Fsp3) is 0.455. The SMILES string of the molecule is Cc1ccc([C@@H]2CCCN2)cc1.Cl. The van der Waals surface area contributed by atoms with Crippen LogP contribution in [0.25, 0.3) is 0 Å². The maximum absolute atomic E-state index is 3.49. The van der Waals surface area contributed by atoms with Gasteiger partial charge in [-0.05, 0) is 31.9 Å². The Bertz CT molecular complexity index is 249. The number of aryl methyl sites for hydroxylation is 1. The molecular weight excluding hydrogens is 182 g/mol. The molecule has 1 atom stereocenters. The van der Waals surface area contributed by atoms with Crippen molar-refractivity contribution in [1.29, 1.82) is 0 Å². The van der Waals surface area contributed by atoms with Gasteiger partial charge in [0.05, 0.1) is 0 Å². The summed E-state index contributed by atoms with van der Waals surface area (Å²) < 4.78 is 0. The van der Waals surface area contributed by atoms with Crippen LogP contribution in [0.2, 0.25) is 0 Å². The van der Waals surface area contributed by atoms with Crippen LogP contribution in [-0.2, 0) is 0 Å². The molecule has 1 aromatic rings. The van der Waals surface area contributed by atoms with Crippen molar-refractivity contribution >= 4 is 12.4 Å². The van der Waals surface area contributed by atoms with Gasteiger partial charge in [0.25, 0.3) is 0 Å². The van der Waals surface area contributed by atoms with Crippen LogP contribution in [0.1, 0.15) is 30.0 Å². The Kier molecular flexibility index (Phi) is 3.76. The molecule has 0 spiro atoms. The molecule has 1 nitrogen and oxygen atoms in total. The molecule has 1 fully saturated rings. The summed E-state index contributed by atoms with van der Waals surface area (Å²) in [5.41, 5.74) is 2.79. The normalized spacial score (nSPS) is 21.2. The van der Waals surface area contributed by atoms with E-state index in [4.69, 9.17) is 0 Å². The van der Waals surface area contributed by atoms with E-state index in [-0.39, 0.29) is 12.4 Å². The second-order valence-corrected chi connectivity index (χ2v) is 3.56. The zero-order valence-electron chi connectivity index (χ0n) is 7.92. The first-order valence-corrected chi connectivity index (χ1v) is 4.66. The van der Waals surface area contributed by atoms with Gasteiger partial charge in [-0.2, -0.15) is 0 Å². The highest BCUT2D eigenvalue weighted by Crippen LogP contribution is 2.22. The number of halogens is 1. The lowest BCUT2D eigenvalue weighted by Gasteiger charge is -2.09. The highest BCUT2D eigenvalue weighted by molar-refractivity contribution is 5.85. The lowest BCUT2D eigenvalue weighted by Crippen LogP contribution is -2.12. The minimum absolute atomic E-state index is 0. The van der Waals surface area contributed by atoms with Gasteiger partial charge in [-0.1, -0.05) is 29.8 Å². The summed E-state index contributed by atoms with van der Waals surface area (Å²) >= 11 is 0. The standard InChI is InChI=1S/C11H15N.ClH/c1-9-4-6-10(7-5-9)11-3-2-8-12-11;/h4-7,11-12H,2-3,8H2,1H3;1H/t11-;/m0./s1. The van der Waals surface area contributed by atoms with Crippen LogP contribution in [0.15, 0.2) is 24.3 Å². The van der Waals surface area contributed by atoms with E-state index in [9.17, 15) is 0 Å². The smallest absolute Gasteiger partial charge is 0.0320 e. The number of benzene rings is 1. The molecule has 1 heterocycles. The second kappa shape index (κ2) is 4.64. The van der Waals surface area contributed by atoms with Crippen molar-refractivity contribution in [3.8, 4) is 0 Å². The Morgan fingerprint density at radius 1 is 1.23 bits per heavy atom. The molecule has 1 saturated heterocycles. The van der Waals surface area contributed by atoms with Crippen LogP contribution in [0.4, 0.5) is 0 Å². The largest absolute Gasteiger partial charge is 0.310 e. The fourth-order valence-corrected chi connectivity index (χ4v) is 1.77. The first-order valence-electron chi connectivity index (χ1n) is 4.66. The summed E-state index contributed by atoms with van der Waals surface area (Å²) in [5, 5.41) is 3.49. The minimum Gasteiger partial charge on any atom is -0.310 e. The Labute approximate surface area is 86.0 Å². The summed E-state index contributed by atoms with van der Waals surface area (Å²) in [7, 11) is 0. The summed E-state index contributed by atoms with van der Waals surface area (Å²) in [6.45, 7) is 3.31. The highest BCUT2D eigenvalue weighted by atomic mass is 35.5. The maximum Gasteiger partial charge on any atom is 0.0320 e. The predicted molar refractivity (Wildman–Crippen MR) is 58.4 cm³/mol. The predicted octanol–water partition coefficient (Wildman–Crippen LogP) is 2.84. The Morgan fingerprint density at radius 3 is 2.46 bits per heavy atom. The van der Waals surface area contributed by atoms with Gasteiger partial charge in [-0.3, -0.25) is 0 Å². The van der Waals surface area contributed by atoms with Gasteiger partial charge in [0.15, 0.2) is 0 Å². The summed E-state index contributed by atoms with van der Waals surface area (Å²) in [6, 6.07) is 9.46. The van der Waals surface area contributed by atoms with E-state index >= 15 is 0 Å². The highest BCUT2D eigenvalue weighted by Gasteiger charge is 2.14. The number of hydrogen-bond donors (Lipinski definition) is 1. The third kappa shape index (κ3) is 2.45. The number of nitrogens with one attached hydrogen (secondary N) is 1. The molecule has 1 N–H and O–H groups in total. The number of hydrogen-bond acceptors (Lipinski definition) is 1. The quantitative estimate of drug-likeness (QED) is 0.730. The van der Waals surface area contributed by atoms with Crippen molar-refractivity contribution in [1.82, 2.24) is 5.32 Å². The van der Waals surface area contributed by atoms with Crippen LogP contribution in [0.5, 0.6) is 0 Å². The molecule has 0 bridgehead atoms. The van der Waals surface area contributed by atoms with Gasteiger partial charge in [0.2, 0.25) is 0 Å². The molecule has 1 aliphatic rings. The first-order chi connectivity index (χ1) is 5.86. The van der Waals surface area contributed by atoms with Gasteiger partial charge in [-0.25, -0.2) is 0 Å². The average Bonchev–Trinajstić information content (AvgIpc) is 2.58. The molecular formula is C11H16ClN. The fourth-order valence-electron chi connectivity index (χ4n) is 1.77. The lowest BCUT2D eigenvalue weighted by molar-refractivity contribution is 0.647. The second-order valence-electron chi connectivity index (χ2n) is 3.56. The van der Waals surface area contributed by atoms with E-state index in [0.29, 0.717) is 6.04 Å². The van der Waals surface area contributed by atoms with E-state index in [0.717, 1.165) is 0 Å². The van der Waals surface area contributed by atoms with E-state index < -0.39 is 0 Å². The van der Waals surface area contributed by atoms with Gasteiger partial charge < -0.3 is 5.32 Å². The van der Waals surface area contributed by atoms with Gasteiger partial charge in [-0.15, -0.1) is 12.4 Å². The van der Waals surface area contributed by atoms with E-state index in [1.54, 1.807) is 0 Å². The Balaban J connectivity index is 0.000000845. The molecule has 0 radical (unpaired) electrons. The van der Waals surface area contributed by atoms with Gasteiger partial charge in [0.1, 0.15) is 0 Å². The van der Waals surface area contributed by atoms with Crippen LogP contribution < -0.4 is 5.32 Å². The molecule has 2 heteroatoms. The first kappa shape index (κ1) is 10.6. The van der Waals surface area contributed by atoms with E-state index in [1.165, 1.54) is 30.5 Å². The average molecular weight is 198 g/mol. The molecule has 0 saturated carbocycles. The lowest BCUT2D eigenvalue weighted by atomic mass is 10.0. The van der Waals surface area contributed by atoms with Crippen molar-refractivity contribution in [2.45, 2.75) is 25.8 Å². The Hall–Kier alpha value is -0.530. The minimum atomic E-state index is 0. The van der Waals surface area contributed by atoms with Gasteiger partial charge in [0, 0.05) is 6.04 Å². The summed E-state index contributed by atoms with van der Waals surface area (Å²) in [4.78, 5) is 0. The van der Waals surface area contributed by atoms with Crippen LogP contribution in [0, 0.1) is 6.92 Å². The Morgan fingerprint density at radius 2 is 1.92 bits per heavy atom. The van der Waals surface area contributed by atoms with Gasteiger partial charge >= 0.3 is 0 Å². The maximum atomic E-state index is 3.49. The molecule has 0 aliphatic carbocycles. The van der Waals surface area contributed by atoms with Crippen molar-refractivity contribution in [3.63, 3.8) is 0 Å². The monoisotopic (exact) mass is 197 g/mol. The molecule has 72 valence electrons. The van der Waals surface area contributed by atoms with Crippen molar-refractivity contribution in [3.05, 3.63) is 35.4 Å². The van der Waals surface area contributed by atoms with E-state index in [1.807, 2.05) is 0 Å². The molecule has 1 aliphatic heterocycles. The zero-order chi connectivity index (χ0) is 8.39. The molecule has 0 unspecified atom stereocenters. The zero-order valence-corrected chi connectivity index (χ0v) is 8.73. The van der Waals surface area contributed by atoms with Crippen LogP contribution in [0.3, 0.4) is 0 Å². The van der Waals surface area contributed by atoms with Crippen molar-refractivity contribution in [2.75, 3.05) is 6.54 Å². The topological polar surface area (TPSA) is 12.0 Å². The third-order valence-corrected chi connectivity index (χ3v) is 2.54. The molecule has 0 amide bonds. The third-order valence-electron chi connectivity index (χ3n) is 2.54. The van der Waals surface area contributed by atoms with Crippen molar-refractivity contribution < 1.29 is 0 Å². The molecule has 13 heavy (non-hydrogen) atoms. The summed E-state index contributed by atoms with van der Waals surface area (Å²) in [5.74, 6) is 0. The number of rotatable bonds is 1. The molecule has 0 aromatic heterocycles. The molecule has 1 aromatic carbocycles.